The fourth-order valence-corrected chi connectivity index (χ4v) is 2.24. The van der Waals surface area contributed by atoms with E-state index >= 15 is 0 Å². The summed E-state index contributed by atoms with van der Waals surface area (Å²) in [4.78, 5) is 23.6. The number of nitrogens with one attached hydrogen (secondary N) is 1. The van der Waals surface area contributed by atoms with E-state index in [-0.39, 0.29) is 12.5 Å². The number of hydrogen-bond donors (Lipinski definition) is 2. The molecule has 0 spiro atoms. The van der Waals surface area contributed by atoms with Crippen LogP contribution in [0.25, 0.3) is 0 Å². The van der Waals surface area contributed by atoms with Crippen molar-refractivity contribution in [1.29, 1.82) is 0 Å². The molecule has 1 atom stereocenters. The maximum Gasteiger partial charge on any atom is 0.328 e. The molecule has 0 bridgehead atoms. The number of aryl methyl sites for hydroxylation is 1. The molecule has 1 amide bonds. The van der Waals surface area contributed by atoms with Gasteiger partial charge in [0.15, 0.2) is 6.04 Å². The minimum Gasteiger partial charge on any atom is -0.480 e. The number of rotatable bonds is 8. The van der Waals surface area contributed by atoms with Crippen LogP contribution in [-0.4, -0.2) is 36.7 Å². The monoisotopic (exact) mass is 271 g/mol. The lowest BCUT2D eigenvalue weighted by molar-refractivity contribution is -0.143. The Morgan fingerprint density at radius 2 is 2.33 bits per heavy atom. The van der Waals surface area contributed by atoms with Crippen molar-refractivity contribution in [3.8, 4) is 0 Å². The molecule has 1 unspecified atom stereocenters. The van der Waals surface area contributed by atoms with Crippen molar-refractivity contribution in [2.75, 3.05) is 13.7 Å². The molecule has 2 N–H and O–H groups in total. The Kier molecular flexibility index (Phi) is 6.38. The van der Waals surface area contributed by atoms with Gasteiger partial charge < -0.3 is 15.2 Å². The second-order valence-electron chi connectivity index (χ2n) is 3.85. The smallest absolute Gasteiger partial charge is 0.328 e. The van der Waals surface area contributed by atoms with Crippen molar-refractivity contribution in [3.63, 3.8) is 0 Å². The van der Waals surface area contributed by atoms with Gasteiger partial charge in [-0.1, -0.05) is 6.07 Å². The zero-order chi connectivity index (χ0) is 13.4. The summed E-state index contributed by atoms with van der Waals surface area (Å²) in [6.45, 7) is -0.0218. The Balaban J connectivity index is 2.25. The molecule has 1 aromatic rings. The number of carboxylic acid groups (broad SMARTS) is 1. The van der Waals surface area contributed by atoms with Gasteiger partial charge in [-0.3, -0.25) is 4.79 Å². The maximum absolute atomic E-state index is 11.5. The first kappa shape index (κ1) is 14.7. The third-order valence-electron chi connectivity index (χ3n) is 2.37. The van der Waals surface area contributed by atoms with Gasteiger partial charge >= 0.3 is 5.97 Å². The number of carbonyl (C=O) groups is 2. The van der Waals surface area contributed by atoms with Crippen LogP contribution in [0.2, 0.25) is 0 Å². The molecule has 0 aliphatic heterocycles. The van der Waals surface area contributed by atoms with E-state index in [9.17, 15) is 9.59 Å². The Morgan fingerprint density at radius 1 is 1.56 bits per heavy atom. The number of carbonyl (C=O) groups excluding carboxylic acids is 1. The number of ether oxygens (including phenoxy) is 1. The summed E-state index contributed by atoms with van der Waals surface area (Å²) < 4.78 is 4.74. The molecule has 1 heterocycles. The first-order valence-electron chi connectivity index (χ1n) is 5.67. The molecule has 0 saturated carbocycles. The topological polar surface area (TPSA) is 75.6 Å². The van der Waals surface area contributed by atoms with Crippen LogP contribution in [0.3, 0.4) is 0 Å². The standard InChI is InChI=1S/C12H17NO4S/c1-17-8-10(12(15)16)13-11(14)6-2-4-9-5-3-7-18-9/h3,5,7,10H,2,4,6,8H2,1H3,(H,13,14)(H,15,16). The highest BCUT2D eigenvalue weighted by Gasteiger charge is 2.19. The maximum atomic E-state index is 11.5. The molecule has 0 radical (unpaired) electrons. The van der Waals surface area contributed by atoms with E-state index in [2.05, 4.69) is 5.32 Å². The Morgan fingerprint density at radius 3 is 2.89 bits per heavy atom. The SMILES string of the molecule is COCC(NC(=O)CCCc1cccs1)C(=O)O. The highest BCUT2D eigenvalue weighted by molar-refractivity contribution is 7.09. The largest absolute Gasteiger partial charge is 0.480 e. The Bertz CT molecular complexity index is 377. The third kappa shape index (κ3) is 5.29. The summed E-state index contributed by atoms with van der Waals surface area (Å²) in [6.07, 6.45) is 1.88. The van der Waals surface area contributed by atoms with Crippen LogP contribution < -0.4 is 5.32 Å². The van der Waals surface area contributed by atoms with Crippen LogP contribution in [0, 0.1) is 0 Å². The Labute approximate surface area is 110 Å². The van der Waals surface area contributed by atoms with E-state index in [0.717, 1.165) is 6.42 Å². The van der Waals surface area contributed by atoms with E-state index in [1.54, 1.807) is 11.3 Å². The summed E-state index contributed by atoms with van der Waals surface area (Å²) in [7, 11) is 1.40. The minimum absolute atomic E-state index is 0.0218. The normalized spacial score (nSPS) is 12.1. The van der Waals surface area contributed by atoms with Crippen LogP contribution in [0.4, 0.5) is 0 Å². The van der Waals surface area contributed by atoms with Crippen LogP contribution in [0.15, 0.2) is 17.5 Å². The third-order valence-corrected chi connectivity index (χ3v) is 3.31. The number of carboxylic acids is 1. The summed E-state index contributed by atoms with van der Waals surface area (Å²) in [6, 6.07) is 3.02. The van der Waals surface area contributed by atoms with Gasteiger partial charge in [-0.25, -0.2) is 4.79 Å². The van der Waals surface area contributed by atoms with Crippen molar-refractivity contribution in [3.05, 3.63) is 22.4 Å². The lowest BCUT2D eigenvalue weighted by atomic mass is 10.2. The van der Waals surface area contributed by atoms with Gasteiger partial charge in [-0.15, -0.1) is 11.3 Å². The highest BCUT2D eigenvalue weighted by Crippen LogP contribution is 2.11. The van der Waals surface area contributed by atoms with Crippen molar-refractivity contribution >= 4 is 23.2 Å². The summed E-state index contributed by atoms with van der Waals surface area (Å²) in [5.41, 5.74) is 0. The van der Waals surface area contributed by atoms with Gasteiger partial charge in [0.25, 0.3) is 0 Å². The van der Waals surface area contributed by atoms with Crippen LogP contribution in [0.1, 0.15) is 17.7 Å². The van der Waals surface area contributed by atoms with E-state index in [4.69, 9.17) is 9.84 Å². The van der Waals surface area contributed by atoms with Crippen molar-refractivity contribution in [2.45, 2.75) is 25.3 Å². The average molecular weight is 271 g/mol. The van der Waals surface area contributed by atoms with Gasteiger partial charge in [0.1, 0.15) is 0 Å². The lowest BCUT2D eigenvalue weighted by Gasteiger charge is -2.13. The molecule has 5 nitrogen and oxygen atoms in total. The zero-order valence-corrected chi connectivity index (χ0v) is 11.0. The Hall–Kier alpha value is -1.40. The summed E-state index contributed by atoms with van der Waals surface area (Å²) in [5, 5.41) is 13.3. The first-order chi connectivity index (χ1) is 8.63. The van der Waals surface area contributed by atoms with E-state index in [1.165, 1.54) is 12.0 Å². The molecule has 18 heavy (non-hydrogen) atoms. The van der Waals surface area contributed by atoms with Gasteiger partial charge in [0.05, 0.1) is 6.61 Å². The number of amides is 1. The fraction of sp³-hybridized carbons (Fsp3) is 0.500. The van der Waals surface area contributed by atoms with Crippen LogP contribution in [0.5, 0.6) is 0 Å². The summed E-state index contributed by atoms with van der Waals surface area (Å²) in [5.74, 6) is -1.33. The molecule has 0 aliphatic carbocycles. The van der Waals surface area contributed by atoms with Crippen LogP contribution >= 0.6 is 11.3 Å². The van der Waals surface area contributed by atoms with E-state index in [1.807, 2.05) is 17.5 Å². The van der Waals surface area contributed by atoms with E-state index < -0.39 is 12.0 Å². The van der Waals surface area contributed by atoms with E-state index in [0.29, 0.717) is 12.8 Å². The van der Waals surface area contributed by atoms with Gasteiger partial charge in [-0.2, -0.15) is 0 Å². The molecule has 1 aromatic heterocycles. The lowest BCUT2D eigenvalue weighted by Crippen LogP contribution is -2.43. The number of thiophene rings is 1. The van der Waals surface area contributed by atoms with Gasteiger partial charge in [0.2, 0.25) is 5.91 Å². The molecular weight excluding hydrogens is 254 g/mol. The average Bonchev–Trinajstić information content (AvgIpc) is 2.81. The molecule has 1 rings (SSSR count). The number of aliphatic carboxylic acids is 1. The molecular formula is C12H17NO4S. The molecule has 0 fully saturated rings. The second-order valence-corrected chi connectivity index (χ2v) is 4.88. The predicted octanol–water partition coefficient (Wildman–Crippen LogP) is 1.29. The zero-order valence-electron chi connectivity index (χ0n) is 10.2. The van der Waals surface area contributed by atoms with Crippen molar-refractivity contribution in [2.24, 2.45) is 0 Å². The van der Waals surface area contributed by atoms with Crippen molar-refractivity contribution in [1.82, 2.24) is 5.32 Å². The predicted molar refractivity (Wildman–Crippen MR) is 68.7 cm³/mol. The second kappa shape index (κ2) is 7.84. The first-order valence-corrected chi connectivity index (χ1v) is 6.55. The number of methoxy groups -OCH3 is 1. The van der Waals surface area contributed by atoms with Crippen LogP contribution in [-0.2, 0) is 20.7 Å². The van der Waals surface area contributed by atoms with Crippen molar-refractivity contribution < 1.29 is 19.4 Å². The quantitative estimate of drug-likeness (QED) is 0.747. The minimum atomic E-state index is -1.08. The number of hydrogen-bond acceptors (Lipinski definition) is 4. The molecule has 100 valence electrons. The van der Waals surface area contributed by atoms with Gasteiger partial charge in [-0.05, 0) is 24.3 Å². The molecule has 0 aromatic carbocycles. The molecule has 0 saturated heterocycles. The van der Waals surface area contributed by atoms with Gasteiger partial charge in [0, 0.05) is 18.4 Å². The molecule has 6 heteroatoms. The summed E-state index contributed by atoms with van der Waals surface area (Å²) >= 11 is 1.66. The highest BCUT2D eigenvalue weighted by atomic mass is 32.1. The molecule has 0 aliphatic rings. The fourth-order valence-electron chi connectivity index (χ4n) is 1.49.